The molecule has 110 valence electrons. The fraction of sp³-hybridized carbons (Fsp3) is 0.429. The first kappa shape index (κ1) is 17.2. The van der Waals surface area contributed by atoms with Gasteiger partial charge in [0, 0.05) is 11.4 Å². The highest BCUT2D eigenvalue weighted by atomic mass is 79.9. The number of carbonyl (C=O) groups is 2. The smallest absolute Gasteiger partial charge is 0.238 e. The van der Waals surface area contributed by atoms with Crippen LogP contribution in [0.5, 0.6) is 0 Å². The minimum atomic E-state index is -0.194. The summed E-state index contributed by atoms with van der Waals surface area (Å²) < 4.78 is 0. The summed E-state index contributed by atoms with van der Waals surface area (Å²) in [6.07, 6.45) is 1.45. The Morgan fingerprint density at radius 1 is 0.900 bits per heavy atom. The van der Waals surface area contributed by atoms with Gasteiger partial charge < -0.3 is 10.6 Å². The summed E-state index contributed by atoms with van der Waals surface area (Å²) in [7, 11) is 0. The number of rotatable bonds is 6. The standard InChI is InChI=1S/C14H18Br2N2O2/c1-3-11(15)13(19)17-9-5-7-10(8-6-9)18-14(20)12(16)4-2/h5-8,11-12H,3-4H2,1-2H3,(H,17,19)(H,18,20)/t11-,12+. The summed E-state index contributed by atoms with van der Waals surface area (Å²) in [5, 5.41) is 5.60. The van der Waals surface area contributed by atoms with Gasteiger partial charge in [-0.05, 0) is 37.1 Å². The number of amides is 2. The first-order valence-electron chi connectivity index (χ1n) is 6.47. The molecule has 1 aromatic rings. The van der Waals surface area contributed by atoms with Gasteiger partial charge in [-0.2, -0.15) is 0 Å². The van der Waals surface area contributed by atoms with E-state index in [1.807, 2.05) is 13.8 Å². The molecule has 0 aliphatic carbocycles. The Kier molecular flexibility index (Phi) is 7.23. The quantitative estimate of drug-likeness (QED) is 0.705. The molecular formula is C14H18Br2N2O2. The Labute approximate surface area is 136 Å². The Morgan fingerprint density at radius 2 is 1.20 bits per heavy atom. The molecule has 6 heteroatoms. The third kappa shape index (κ3) is 5.25. The van der Waals surface area contributed by atoms with Crippen molar-refractivity contribution in [3.05, 3.63) is 24.3 Å². The van der Waals surface area contributed by atoms with Crippen LogP contribution in [0.2, 0.25) is 0 Å². The Balaban J connectivity index is 2.61. The van der Waals surface area contributed by atoms with Crippen LogP contribution >= 0.6 is 31.9 Å². The van der Waals surface area contributed by atoms with Crippen LogP contribution in [-0.2, 0) is 9.59 Å². The molecule has 1 aromatic carbocycles. The van der Waals surface area contributed by atoms with Crippen LogP contribution in [0.1, 0.15) is 26.7 Å². The van der Waals surface area contributed by atoms with Gasteiger partial charge >= 0.3 is 0 Å². The molecule has 20 heavy (non-hydrogen) atoms. The van der Waals surface area contributed by atoms with E-state index in [-0.39, 0.29) is 21.5 Å². The molecular weight excluding hydrogens is 388 g/mol. The van der Waals surface area contributed by atoms with Crippen LogP contribution in [0.3, 0.4) is 0 Å². The molecule has 2 N–H and O–H groups in total. The molecule has 0 unspecified atom stereocenters. The second kappa shape index (κ2) is 8.42. The topological polar surface area (TPSA) is 58.2 Å². The largest absolute Gasteiger partial charge is 0.325 e. The number of hydrogen-bond acceptors (Lipinski definition) is 2. The van der Waals surface area contributed by atoms with E-state index in [9.17, 15) is 9.59 Å². The average molecular weight is 406 g/mol. The lowest BCUT2D eigenvalue weighted by molar-refractivity contribution is -0.116. The van der Waals surface area contributed by atoms with E-state index in [4.69, 9.17) is 0 Å². The van der Waals surface area contributed by atoms with Gasteiger partial charge in [0.05, 0.1) is 9.65 Å². The van der Waals surface area contributed by atoms with Crippen molar-refractivity contribution in [2.75, 3.05) is 10.6 Å². The molecule has 0 fully saturated rings. The fourth-order valence-electron chi connectivity index (χ4n) is 1.45. The molecule has 4 nitrogen and oxygen atoms in total. The van der Waals surface area contributed by atoms with Crippen LogP contribution in [0.25, 0.3) is 0 Å². The lowest BCUT2D eigenvalue weighted by atomic mass is 10.2. The van der Waals surface area contributed by atoms with Crippen molar-refractivity contribution in [2.45, 2.75) is 36.3 Å². The van der Waals surface area contributed by atoms with Crippen LogP contribution in [0, 0.1) is 0 Å². The lowest BCUT2D eigenvalue weighted by Gasteiger charge is -2.11. The maximum Gasteiger partial charge on any atom is 0.238 e. The maximum atomic E-state index is 11.7. The number of alkyl halides is 2. The molecule has 0 saturated heterocycles. The first-order chi connectivity index (χ1) is 9.47. The highest BCUT2D eigenvalue weighted by molar-refractivity contribution is 9.10. The molecule has 2 atom stereocenters. The second-order valence-corrected chi connectivity index (χ2v) is 6.52. The third-order valence-corrected chi connectivity index (χ3v) is 4.83. The average Bonchev–Trinajstić information content (AvgIpc) is 2.47. The van der Waals surface area contributed by atoms with Gasteiger partial charge in [-0.15, -0.1) is 0 Å². The highest BCUT2D eigenvalue weighted by Crippen LogP contribution is 2.17. The summed E-state index contributed by atoms with van der Waals surface area (Å²) in [6, 6.07) is 7.05. The molecule has 0 aromatic heterocycles. The van der Waals surface area contributed by atoms with Gasteiger partial charge in [0.2, 0.25) is 11.8 Å². The third-order valence-electron chi connectivity index (χ3n) is 2.71. The van der Waals surface area contributed by atoms with Crippen molar-refractivity contribution in [1.82, 2.24) is 0 Å². The van der Waals surface area contributed by atoms with Gasteiger partial charge in [0.15, 0.2) is 0 Å². The number of anilines is 2. The summed E-state index contributed by atoms with van der Waals surface area (Å²) in [5.41, 5.74) is 1.41. The molecule has 0 heterocycles. The van der Waals surface area contributed by atoms with Gasteiger partial charge in [0.1, 0.15) is 0 Å². The number of carbonyl (C=O) groups excluding carboxylic acids is 2. The number of halogens is 2. The highest BCUT2D eigenvalue weighted by Gasteiger charge is 2.13. The summed E-state index contributed by atoms with van der Waals surface area (Å²) in [4.78, 5) is 23.0. The van der Waals surface area contributed by atoms with Crippen molar-refractivity contribution >= 4 is 55.0 Å². The monoisotopic (exact) mass is 404 g/mol. The number of benzene rings is 1. The van der Waals surface area contributed by atoms with Gasteiger partial charge in [-0.3, -0.25) is 9.59 Å². The molecule has 0 radical (unpaired) electrons. The van der Waals surface area contributed by atoms with Crippen molar-refractivity contribution in [2.24, 2.45) is 0 Å². The zero-order valence-electron chi connectivity index (χ0n) is 11.5. The van der Waals surface area contributed by atoms with E-state index >= 15 is 0 Å². The van der Waals surface area contributed by atoms with Gasteiger partial charge in [-0.1, -0.05) is 45.7 Å². The normalized spacial score (nSPS) is 13.4. The van der Waals surface area contributed by atoms with E-state index in [1.54, 1.807) is 24.3 Å². The van der Waals surface area contributed by atoms with E-state index in [2.05, 4.69) is 42.5 Å². The lowest BCUT2D eigenvalue weighted by Crippen LogP contribution is -2.22. The Bertz CT molecular complexity index is 420. The first-order valence-corrected chi connectivity index (χ1v) is 8.31. The Morgan fingerprint density at radius 3 is 1.45 bits per heavy atom. The van der Waals surface area contributed by atoms with Crippen LogP contribution in [0.4, 0.5) is 11.4 Å². The molecule has 0 aliphatic rings. The molecule has 1 rings (SSSR count). The van der Waals surface area contributed by atoms with Crippen molar-refractivity contribution in [1.29, 1.82) is 0 Å². The minimum absolute atomic E-state index is 0.0733. The summed E-state index contributed by atoms with van der Waals surface area (Å²) in [5.74, 6) is -0.147. The predicted octanol–water partition coefficient (Wildman–Crippen LogP) is 3.91. The summed E-state index contributed by atoms with van der Waals surface area (Å²) >= 11 is 6.59. The van der Waals surface area contributed by atoms with Crippen LogP contribution in [-0.4, -0.2) is 21.5 Å². The van der Waals surface area contributed by atoms with E-state index in [0.29, 0.717) is 11.4 Å². The van der Waals surface area contributed by atoms with E-state index in [0.717, 1.165) is 12.8 Å². The predicted molar refractivity (Wildman–Crippen MR) is 89.7 cm³/mol. The Hall–Kier alpha value is -0.880. The zero-order valence-corrected chi connectivity index (χ0v) is 14.6. The number of hydrogen-bond donors (Lipinski definition) is 2. The molecule has 0 bridgehead atoms. The van der Waals surface area contributed by atoms with Crippen molar-refractivity contribution in [3.8, 4) is 0 Å². The van der Waals surface area contributed by atoms with E-state index in [1.165, 1.54) is 0 Å². The summed E-state index contributed by atoms with van der Waals surface area (Å²) in [6.45, 7) is 3.87. The van der Waals surface area contributed by atoms with E-state index < -0.39 is 0 Å². The number of nitrogens with one attached hydrogen (secondary N) is 2. The molecule has 0 saturated carbocycles. The van der Waals surface area contributed by atoms with Gasteiger partial charge in [-0.25, -0.2) is 0 Å². The zero-order chi connectivity index (χ0) is 15.1. The molecule has 0 aliphatic heterocycles. The van der Waals surface area contributed by atoms with Gasteiger partial charge in [0.25, 0.3) is 0 Å². The minimum Gasteiger partial charge on any atom is -0.325 e. The second-order valence-electron chi connectivity index (χ2n) is 4.31. The maximum absolute atomic E-state index is 11.7. The fourth-order valence-corrected chi connectivity index (χ4v) is 1.68. The van der Waals surface area contributed by atoms with Crippen LogP contribution in [0.15, 0.2) is 24.3 Å². The van der Waals surface area contributed by atoms with Crippen LogP contribution < -0.4 is 10.6 Å². The van der Waals surface area contributed by atoms with Crippen molar-refractivity contribution < 1.29 is 9.59 Å². The molecule has 0 spiro atoms. The van der Waals surface area contributed by atoms with Crippen molar-refractivity contribution in [3.63, 3.8) is 0 Å². The SMILES string of the molecule is CC[C@@H](Br)C(=O)Nc1ccc(NC(=O)[C@@H](Br)CC)cc1. The molecule has 2 amide bonds.